The zero-order valence-corrected chi connectivity index (χ0v) is 13.0. The molecule has 4 N–H and O–H groups in total. The SMILES string of the molecule is CCC1(C(=O)NC2CCN(CC(N)=NO)CC2)CCCC1. The number of hydrogen-bond acceptors (Lipinski definition) is 4. The summed E-state index contributed by atoms with van der Waals surface area (Å²) in [6, 6.07) is 0.269. The van der Waals surface area contributed by atoms with E-state index in [2.05, 4.69) is 22.3 Å². The standard InChI is InChI=1S/C15H28N4O2/c1-2-15(7-3-4-8-15)14(20)17-12-5-9-19(10-6-12)11-13(16)18-21/h12,21H,2-11H2,1H3,(H2,16,18)(H,17,20). The third kappa shape index (κ3) is 3.87. The first-order valence-corrected chi connectivity index (χ1v) is 8.09. The van der Waals surface area contributed by atoms with Crippen LogP contribution in [0.3, 0.4) is 0 Å². The molecule has 1 amide bonds. The first-order chi connectivity index (χ1) is 10.1. The minimum absolute atomic E-state index is 0.106. The van der Waals surface area contributed by atoms with Crippen molar-refractivity contribution in [3.8, 4) is 0 Å². The number of likely N-dealkylation sites (tertiary alicyclic amines) is 1. The highest BCUT2D eigenvalue weighted by molar-refractivity contribution is 5.83. The van der Waals surface area contributed by atoms with Gasteiger partial charge >= 0.3 is 0 Å². The Labute approximate surface area is 126 Å². The second-order valence-corrected chi connectivity index (χ2v) is 6.46. The number of nitrogens with zero attached hydrogens (tertiary/aromatic N) is 2. The highest BCUT2D eigenvalue weighted by Crippen LogP contribution is 2.41. The van der Waals surface area contributed by atoms with Gasteiger partial charge in [-0.15, -0.1) is 0 Å². The molecule has 1 heterocycles. The van der Waals surface area contributed by atoms with E-state index in [9.17, 15) is 4.79 Å². The van der Waals surface area contributed by atoms with Crippen LogP contribution in [0, 0.1) is 5.41 Å². The third-order valence-corrected chi connectivity index (χ3v) is 5.16. The number of oxime groups is 1. The normalized spacial score (nSPS) is 24.1. The van der Waals surface area contributed by atoms with Crippen molar-refractivity contribution in [2.45, 2.75) is 57.9 Å². The second kappa shape index (κ2) is 7.11. The predicted octanol–water partition coefficient (Wildman–Crippen LogP) is 1.28. The van der Waals surface area contributed by atoms with Crippen molar-refractivity contribution < 1.29 is 10.0 Å². The number of piperidine rings is 1. The van der Waals surface area contributed by atoms with Gasteiger partial charge in [-0.3, -0.25) is 9.69 Å². The molecule has 0 atom stereocenters. The van der Waals surface area contributed by atoms with Crippen molar-refractivity contribution in [2.75, 3.05) is 19.6 Å². The summed E-state index contributed by atoms with van der Waals surface area (Å²) in [7, 11) is 0. The summed E-state index contributed by atoms with van der Waals surface area (Å²) in [5.74, 6) is 0.505. The number of nitrogens with two attached hydrogens (primary N) is 1. The van der Waals surface area contributed by atoms with Crippen molar-refractivity contribution in [3.63, 3.8) is 0 Å². The van der Waals surface area contributed by atoms with Crippen molar-refractivity contribution >= 4 is 11.7 Å². The van der Waals surface area contributed by atoms with Gasteiger partial charge in [0.1, 0.15) is 0 Å². The lowest BCUT2D eigenvalue weighted by molar-refractivity contribution is -0.132. The summed E-state index contributed by atoms with van der Waals surface area (Å²) in [6.45, 7) is 4.38. The van der Waals surface area contributed by atoms with Gasteiger partial charge in [0.25, 0.3) is 0 Å². The van der Waals surface area contributed by atoms with Crippen molar-refractivity contribution in [3.05, 3.63) is 0 Å². The maximum absolute atomic E-state index is 12.6. The van der Waals surface area contributed by atoms with Crippen LogP contribution in [0.1, 0.15) is 51.9 Å². The molecule has 1 aliphatic carbocycles. The van der Waals surface area contributed by atoms with E-state index in [1.165, 1.54) is 12.8 Å². The Morgan fingerprint density at radius 3 is 2.52 bits per heavy atom. The number of rotatable bonds is 5. The number of nitrogens with one attached hydrogen (secondary N) is 1. The Morgan fingerprint density at radius 1 is 1.38 bits per heavy atom. The number of carbonyl (C=O) groups excluding carboxylic acids is 1. The van der Waals surface area contributed by atoms with Crippen molar-refractivity contribution in [1.29, 1.82) is 0 Å². The first-order valence-electron chi connectivity index (χ1n) is 8.09. The summed E-state index contributed by atoms with van der Waals surface area (Å²) in [4.78, 5) is 14.7. The van der Waals surface area contributed by atoms with Crippen LogP contribution in [0.2, 0.25) is 0 Å². The average molecular weight is 296 g/mol. The van der Waals surface area contributed by atoms with Crippen LogP contribution in [0.15, 0.2) is 5.16 Å². The molecule has 0 unspecified atom stereocenters. The molecule has 1 aliphatic heterocycles. The molecule has 0 spiro atoms. The minimum atomic E-state index is -0.106. The third-order valence-electron chi connectivity index (χ3n) is 5.16. The Balaban J connectivity index is 1.79. The van der Waals surface area contributed by atoms with E-state index in [-0.39, 0.29) is 23.2 Å². The van der Waals surface area contributed by atoms with E-state index >= 15 is 0 Å². The van der Waals surface area contributed by atoms with Crippen LogP contribution in [0.4, 0.5) is 0 Å². The molecule has 6 nitrogen and oxygen atoms in total. The lowest BCUT2D eigenvalue weighted by atomic mass is 9.82. The van der Waals surface area contributed by atoms with Crippen LogP contribution < -0.4 is 11.1 Å². The molecule has 120 valence electrons. The smallest absolute Gasteiger partial charge is 0.226 e. The monoisotopic (exact) mass is 296 g/mol. The molecule has 2 fully saturated rings. The summed E-state index contributed by atoms with van der Waals surface area (Å²) in [5.41, 5.74) is 5.42. The fourth-order valence-electron chi connectivity index (χ4n) is 3.63. The van der Waals surface area contributed by atoms with Gasteiger partial charge < -0.3 is 16.3 Å². The average Bonchev–Trinajstić information content (AvgIpc) is 2.99. The Hall–Kier alpha value is -1.30. The van der Waals surface area contributed by atoms with E-state index in [1.807, 2.05) is 0 Å². The molecule has 1 saturated carbocycles. The molecule has 1 saturated heterocycles. The molecule has 21 heavy (non-hydrogen) atoms. The topological polar surface area (TPSA) is 91.0 Å². The van der Waals surface area contributed by atoms with Crippen LogP contribution in [-0.4, -0.2) is 47.5 Å². The molecule has 6 heteroatoms. The summed E-state index contributed by atoms with van der Waals surface area (Å²) in [5, 5.41) is 14.9. The van der Waals surface area contributed by atoms with Crippen LogP contribution >= 0.6 is 0 Å². The molecule has 0 aromatic heterocycles. The molecule has 0 bridgehead atoms. The molecular formula is C15H28N4O2. The van der Waals surface area contributed by atoms with Crippen LogP contribution in [0.25, 0.3) is 0 Å². The van der Waals surface area contributed by atoms with Crippen molar-refractivity contribution in [1.82, 2.24) is 10.2 Å². The highest BCUT2D eigenvalue weighted by Gasteiger charge is 2.40. The quantitative estimate of drug-likeness (QED) is 0.308. The Bertz CT molecular complexity index is 383. The van der Waals surface area contributed by atoms with Crippen LogP contribution in [-0.2, 0) is 4.79 Å². The number of hydrogen-bond donors (Lipinski definition) is 3. The van der Waals surface area contributed by atoms with E-state index in [4.69, 9.17) is 10.9 Å². The zero-order valence-electron chi connectivity index (χ0n) is 13.0. The van der Waals surface area contributed by atoms with Gasteiger partial charge in [0.2, 0.25) is 5.91 Å². The molecule has 0 aromatic carbocycles. The van der Waals surface area contributed by atoms with Gasteiger partial charge in [-0.25, -0.2) is 0 Å². The Morgan fingerprint density at radius 2 is 2.00 bits per heavy atom. The van der Waals surface area contributed by atoms with Gasteiger partial charge in [-0.1, -0.05) is 24.9 Å². The first kappa shape index (κ1) is 16.1. The molecule has 0 aromatic rings. The lowest BCUT2D eigenvalue weighted by Gasteiger charge is -2.34. The van der Waals surface area contributed by atoms with Gasteiger partial charge in [0.15, 0.2) is 5.84 Å². The summed E-state index contributed by atoms with van der Waals surface area (Å²) >= 11 is 0. The van der Waals surface area contributed by atoms with E-state index in [1.54, 1.807) is 0 Å². The number of amides is 1. The molecule has 2 aliphatic rings. The van der Waals surface area contributed by atoms with E-state index in [0.717, 1.165) is 45.2 Å². The number of carbonyl (C=O) groups is 1. The van der Waals surface area contributed by atoms with Gasteiger partial charge in [-0.2, -0.15) is 0 Å². The van der Waals surface area contributed by atoms with Crippen LogP contribution in [0.5, 0.6) is 0 Å². The maximum Gasteiger partial charge on any atom is 0.226 e. The fourth-order valence-corrected chi connectivity index (χ4v) is 3.63. The summed E-state index contributed by atoms with van der Waals surface area (Å²) in [6.07, 6.45) is 7.25. The second-order valence-electron chi connectivity index (χ2n) is 6.46. The van der Waals surface area contributed by atoms with Crippen molar-refractivity contribution in [2.24, 2.45) is 16.3 Å². The summed E-state index contributed by atoms with van der Waals surface area (Å²) < 4.78 is 0. The zero-order chi connectivity index (χ0) is 15.3. The maximum atomic E-state index is 12.6. The highest BCUT2D eigenvalue weighted by atomic mass is 16.4. The van der Waals surface area contributed by atoms with Gasteiger partial charge in [0.05, 0.1) is 6.54 Å². The largest absolute Gasteiger partial charge is 0.409 e. The fraction of sp³-hybridized carbons (Fsp3) is 0.867. The van der Waals surface area contributed by atoms with E-state index < -0.39 is 0 Å². The molecule has 0 radical (unpaired) electrons. The molecular weight excluding hydrogens is 268 g/mol. The Kier molecular flexibility index (Phi) is 5.45. The van der Waals surface area contributed by atoms with E-state index in [0.29, 0.717) is 6.54 Å². The lowest BCUT2D eigenvalue weighted by Crippen LogP contribution is -2.50. The minimum Gasteiger partial charge on any atom is -0.409 e. The number of amidine groups is 1. The molecule has 2 rings (SSSR count). The predicted molar refractivity (Wildman–Crippen MR) is 82.2 cm³/mol. The van der Waals surface area contributed by atoms with Gasteiger partial charge in [-0.05, 0) is 32.1 Å². The van der Waals surface area contributed by atoms with Gasteiger partial charge in [0, 0.05) is 24.5 Å².